The van der Waals surface area contributed by atoms with E-state index in [0.29, 0.717) is 0 Å². The Labute approximate surface area is 118 Å². The average molecular weight is 589 g/mol. The van der Waals surface area contributed by atoms with Crippen LogP contribution in [0.5, 0.6) is 0 Å². The summed E-state index contributed by atoms with van der Waals surface area (Å²) >= 11 is 4.63. The van der Waals surface area contributed by atoms with Crippen molar-refractivity contribution in [2.75, 3.05) is 6.61 Å². The van der Waals surface area contributed by atoms with Crippen molar-refractivity contribution in [2.24, 2.45) is 0 Å². The monoisotopic (exact) mass is 589 g/mol. The van der Waals surface area contributed by atoms with E-state index in [1.165, 1.54) is 0 Å². The van der Waals surface area contributed by atoms with Crippen molar-refractivity contribution in [2.45, 2.75) is 29.9 Å². The molecule has 0 aromatic rings. The quantitative estimate of drug-likeness (QED) is 0.197. The summed E-state index contributed by atoms with van der Waals surface area (Å²) in [5, 5.41) is 36.1. The summed E-state index contributed by atoms with van der Waals surface area (Å²) in [6.07, 6.45) is -4.83. The van der Waals surface area contributed by atoms with Gasteiger partial charge in [-0.05, 0) is 5.44 Å². The normalized spacial score (nSPS) is 42.2. The summed E-state index contributed by atoms with van der Waals surface area (Å²) in [4.78, 5) is 0. The Morgan fingerprint density at radius 2 is 1.57 bits per heavy atom. The maximum absolute atomic E-state index is 9.18. The van der Waals surface area contributed by atoms with E-state index in [1.54, 1.807) is 0 Å². The van der Waals surface area contributed by atoms with Crippen molar-refractivity contribution < 1.29 is 69.9 Å². The van der Waals surface area contributed by atoms with Crippen LogP contribution in [-0.4, -0.2) is 56.9 Å². The molecule has 0 aromatic carbocycles. The number of aliphatic hydroxyl groups excluding tert-OH is 4. The first-order valence-corrected chi connectivity index (χ1v) is 4.01. The van der Waals surface area contributed by atoms with Crippen molar-refractivity contribution in [3.63, 3.8) is 0 Å². The Morgan fingerprint density at radius 3 is 2.00 bits per heavy atom. The molecule has 14 heavy (non-hydrogen) atoms. The number of ether oxygens (including phenoxy) is 1. The Hall–Kier alpha value is 1.63. The third kappa shape index (κ3) is 3.89. The van der Waals surface area contributed by atoms with Crippen molar-refractivity contribution >= 4 is 12.6 Å². The molecule has 0 spiro atoms. The molecule has 1 heterocycles. The molecule has 4 N–H and O–H groups in total. The van der Waals surface area contributed by atoms with Gasteiger partial charge in [0.15, 0.2) is 0 Å². The van der Waals surface area contributed by atoms with Gasteiger partial charge >= 0.3 is 22.4 Å². The van der Waals surface area contributed by atoms with Gasteiger partial charge in [-0.3, -0.25) is 0 Å². The summed E-state index contributed by atoms with van der Waals surface area (Å²) in [6, 6.07) is 0. The third-order valence-electron chi connectivity index (χ3n) is 1.85. The first kappa shape index (κ1) is 18.0. The molecule has 0 amide bonds. The molecule has 1 fully saturated rings. The molecular weight excluding hydrogens is 578 g/mol. The van der Waals surface area contributed by atoms with Gasteiger partial charge in [0.25, 0.3) is 0 Å². The Balaban J connectivity index is 0. The topological polar surface area (TPSA) is 90.2 Å². The summed E-state index contributed by atoms with van der Waals surface area (Å²) in [6.45, 7) is -0.432. The van der Waals surface area contributed by atoms with Gasteiger partial charge in [-0.25, -0.2) is 0 Å². The minimum Gasteiger partial charge on any atom is -0.759 e. The van der Waals surface area contributed by atoms with E-state index >= 15 is 0 Å². The second-order valence-corrected chi connectivity index (χ2v) is 3.16. The maximum Gasteiger partial charge on any atom is 1.00 e. The first-order chi connectivity index (χ1) is 5.57. The van der Waals surface area contributed by atoms with Crippen LogP contribution in [-0.2, 0) is 62.1 Å². The largest absolute Gasteiger partial charge is 1.00 e. The average Bonchev–Trinajstić information content (AvgIpc) is 2.08. The molecule has 5 nitrogen and oxygen atoms in total. The van der Waals surface area contributed by atoms with Gasteiger partial charge in [0.1, 0.15) is 18.3 Å². The van der Waals surface area contributed by atoms with Crippen LogP contribution >= 0.6 is 0 Å². The first-order valence-electron chi connectivity index (χ1n) is 3.54. The van der Waals surface area contributed by atoms with Gasteiger partial charge in [-0.15, -0.1) is 0 Å². The molecule has 0 unspecified atom stereocenters. The molecule has 1 radical (unpaired) electrons. The predicted octanol–water partition coefficient (Wildman–Crippen LogP) is -2.67. The van der Waals surface area contributed by atoms with Crippen molar-refractivity contribution in [3.8, 4) is 0 Å². The molecule has 93 valence electrons. The van der Waals surface area contributed by atoms with Crippen LogP contribution in [0.2, 0.25) is 0 Å². The minimum atomic E-state index is -1.35. The van der Waals surface area contributed by atoms with Crippen LogP contribution < -0.4 is 0 Å². The minimum absolute atomic E-state index is 0. The van der Waals surface area contributed by atoms with Crippen molar-refractivity contribution in [1.82, 2.24) is 0 Å². The summed E-state index contributed by atoms with van der Waals surface area (Å²) < 4.78 is 4.84. The van der Waals surface area contributed by atoms with Gasteiger partial charge in [0, 0.05) is 22.4 Å². The number of rotatable bonds is 1. The van der Waals surface area contributed by atoms with E-state index in [2.05, 4.69) is 12.6 Å². The summed E-state index contributed by atoms with van der Waals surface area (Å²) in [7, 11) is 0. The van der Waals surface area contributed by atoms with E-state index in [4.69, 9.17) is 20.1 Å². The summed E-state index contributed by atoms with van der Waals surface area (Å²) in [5.74, 6) is 0. The van der Waals surface area contributed by atoms with E-state index < -0.39 is 36.5 Å². The van der Waals surface area contributed by atoms with E-state index in [-0.39, 0.29) is 44.8 Å². The van der Waals surface area contributed by atoms with Crippen LogP contribution in [0.4, 0.5) is 0 Å². The van der Waals surface area contributed by atoms with Crippen LogP contribution in [0.1, 0.15) is 0 Å². The number of hydrogen-bond donors (Lipinski definition) is 4. The molecule has 0 aromatic heterocycles. The Kier molecular flexibility index (Phi) is 10.1. The maximum atomic E-state index is 9.18. The molecule has 0 aliphatic carbocycles. The standard InChI is InChI=1S/C6H12O5S.2Au/c7-1-2-3(8)4(9)5(10)6(12)11-2;;/h2-10,12H,1H2;;/q;;+1/p-1/t2-,3-,4+,5-,6-;;/m1../s1. The molecule has 0 bridgehead atoms. The molecule has 1 aliphatic heterocycles. The van der Waals surface area contributed by atoms with Crippen LogP contribution in [0, 0.1) is 0 Å². The zero-order valence-corrected chi connectivity index (χ0v) is 12.0. The Morgan fingerprint density at radius 1 is 1.07 bits per heavy atom. The molecule has 1 rings (SSSR count). The van der Waals surface area contributed by atoms with E-state index in [0.717, 1.165) is 0 Å². The van der Waals surface area contributed by atoms with Gasteiger partial charge in [-0.2, -0.15) is 0 Å². The molecule has 1 aliphatic rings. The SMILES string of the molecule is OC[C@H]1O[C@H]([S-])[C@H](O)[C@@H](O)[C@@H]1O.[Au+].[Au]. The Bertz CT molecular complexity index is 158. The van der Waals surface area contributed by atoms with Gasteiger partial charge in [0.05, 0.1) is 12.7 Å². The zero-order chi connectivity index (χ0) is 9.30. The third-order valence-corrected chi connectivity index (χ3v) is 2.24. The van der Waals surface area contributed by atoms with Gasteiger partial charge in [-0.1, -0.05) is 0 Å². The van der Waals surface area contributed by atoms with Gasteiger partial charge in [0.2, 0.25) is 0 Å². The number of hydrogen-bond acceptors (Lipinski definition) is 6. The zero-order valence-electron chi connectivity index (χ0n) is 6.80. The second-order valence-electron chi connectivity index (χ2n) is 2.70. The van der Waals surface area contributed by atoms with E-state index in [1.807, 2.05) is 0 Å². The smallest absolute Gasteiger partial charge is 0.759 e. The van der Waals surface area contributed by atoms with Crippen LogP contribution in [0.25, 0.3) is 0 Å². The molecule has 8 heteroatoms. The van der Waals surface area contributed by atoms with E-state index in [9.17, 15) is 5.11 Å². The fraction of sp³-hybridized carbons (Fsp3) is 1.00. The van der Waals surface area contributed by atoms with Crippen LogP contribution in [0.15, 0.2) is 0 Å². The van der Waals surface area contributed by atoms with Crippen molar-refractivity contribution in [1.29, 1.82) is 0 Å². The summed E-state index contributed by atoms with van der Waals surface area (Å²) in [5.41, 5.74) is -0.986. The van der Waals surface area contributed by atoms with Crippen molar-refractivity contribution in [3.05, 3.63) is 0 Å². The predicted molar refractivity (Wildman–Crippen MR) is 41.1 cm³/mol. The van der Waals surface area contributed by atoms with Crippen LogP contribution in [0.3, 0.4) is 0 Å². The molecule has 5 atom stereocenters. The second kappa shape index (κ2) is 7.83. The molecule has 1 saturated heterocycles. The number of aliphatic hydroxyl groups is 4. The molecule has 0 saturated carbocycles. The fourth-order valence-corrected chi connectivity index (χ4v) is 1.37. The van der Waals surface area contributed by atoms with Gasteiger partial charge < -0.3 is 37.8 Å². The fourth-order valence-electron chi connectivity index (χ4n) is 1.07. The molecular formula is C6H11Au2O5S.